The predicted molar refractivity (Wildman–Crippen MR) is 108 cm³/mol. The van der Waals surface area contributed by atoms with Crippen molar-refractivity contribution in [3.05, 3.63) is 89.9 Å². The molecule has 0 bridgehead atoms. The molecule has 2 amide bonds. The van der Waals surface area contributed by atoms with Crippen LogP contribution in [0.2, 0.25) is 0 Å². The molecule has 0 aromatic heterocycles. The summed E-state index contributed by atoms with van der Waals surface area (Å²) in [6, 6.07) is 19.3. The maximum absolute atomic E-state index is 13.3. The highest BCUT2D eigenvalue weighted by Gasteiger charge is 2.40. The monoisotopic (exact) mass is 402 g/mol. The number of fused-ring (bicyclic) bond motifs is 1. The predicted octanol–water partition coefficient (Wildman–Crippen LogP) is 3.95. The summed E-state index contributed by atoms with van der Waals surface area (Å²) in [4.78, 5) is 27.6. The van der Waals surface area contributed by atoms with Gasteiger partial charge in [0.1, 0.15) is 11.5 Å². The Morgan fingerprint density at radius 3 is 2.33 bits per heavy atom. The summed E-state index contributed by atoms with van der Waals surface area (Å²) in [5, 5.41) is 3.07. The minimum atomic E-state index is -0.525. The molecule has 7 heteroatoms. The third kappa shape index (κ3) is 2.97. The molecule has 0 atom stereocenters. The maximum Gasteiger partial charge on any atom is 0.282 e. The summed E-state index contributed by atoms with van der Waals surface area (Å²) in [5.74, 6) is -0.300. The normalized spacial score (nSPS) is 15.2. The van der Waals surface area contributed by atoms with E-state index in [9.17, 15) is 14.0 Å². The van der Waals surface area contributed by atoms with Crippen molar-refractivity contribution in [2.24, 2.45) is 0 Å². The zero-order valence-electron chi connectivity index (χ0n) is 15.6. The van der Waals surface area contributed by atoms with Crippen molar-refractivity contribution >= 4 is 28.8 Å². The van der Waals surface area contributed by atoms with Crippen molar-refractivity contribution < 1.29 is 23.5 Å². The highest BCUT2D eigenvalue weighted by atomic mass is 19.1. The van der Waals surface area contributed by atoms with Crippen LogP contribution in [-0.4, -0.2) is 18.6 Å². The molecule has 2 aliphatic heterocycles. The quantitative estimate of drug-likeness (QED) is 0.670. The molecule has 6 nitrogen and oxygen atoms in total. The van der Waals surface area contributed by atoms with Crippen LogP contribution in [0.15, 0.2) is 78.5 Å². The Morgan fingerprint density at radius 2 is 1.57 bits per heavy atom. The Bertz CT molecular complexity index is 1190. The van der Waals surface area contributed by atoms with Crippen LogP contribution >= 0.6 is 0 Å². The summed E-state index contributed by atoms with van der Waals surface area (Å²) in [6.07, 6.45) is 0. The molecule has 0 saturated carbocycles. The van der Waals surface area contributed by atoms with Crippen molar-refractivity contribution in [1.82, 2.24) is 0 Å². The van der Waals surface area contributed by atoms with Gasteiger partial charge in [-0.05, 0) is 42.0 Å². The van der Waals surface area contributed by atoms with Crippen molar-refractivity contribution in [1.29, 1.82) is 0 Å². The van der Waals surface area contributed by atoms with Crippen LogP contribution < -0.4 is 19.7 Å². The molecule has 30 heavy (non-hydrogen) atoms. The van der Waals surface area contributed by atoms with Crippen LogP contribution in [0.3, 0.4) is 0 Å². The molecular weight excluding hydrogens is 387 g/mol. The number of carbonyl (C=O) groups excluding carboxylic acids is 2. The largest absolute Gasteiger partial charge is 0.454 e. The number of hydrogen-bond acceptors (Lipinski definition) is 5. The number of imide groups is 1. The number of benzene rings is 3. The first-order valence-electron chi connectivity index (χ1n) is 9.22. The first-order chi connectivity index (χ1) is 14.6. The van der Waals surface area contributed by atoms with E-state index in [1.807, 2.05) is 6.07 Å². The van der Waals surface area contributed by atoms with E-state index in [4.69, 9.17) is 9.47 Å². The maximum atomic E-state index is 13.3. The zero-order valence-corrected chi connectivity index (χ0v) is 15.6. The molecule has 148 valence electrons. The number of ether oxygens (including phenoxy) is 2. The van der Waals surface area contributed by atoms with E-state index >= 15 is 0 Å². The lowest BCUT2D eigenvalue weighted by atomic mass is 10.0. The van der Waals surface area contributed by atoms with Gasteiger partial charge in [0.15, 0.2) is 11.5 Å². The smallest absolute Gasteiger partial charge is 0.282 e. The van der Waals surface area contributed by atoms with Gasteiger partial charge in [-0.3, -0.25) is 9.59 Å². The molecule has 3 aromatic rings. The number of halogens is 1. The number of hydrogen-bond donors (Lipinski definition) is 1. The second kappa shape index (κ2) is 7.04. The fourth-order valence-corrected chi connectivity index (χ4v) is 3.46. The topological polar surface area (TPSA) is 67.9 Å². The van der Waals surface area contributed by atoms with Gasteiger partial charge in [0, 0.05) is 11.8 Å². The lowest BCUT2D eigenvalue weighted by molar-refractivity contribution is -0.120. The molecule has 0 saturated heterocycles. The summed E-state index contributed by atoms with van der Waals surface area (Å²) >= 11 is 0. The van der Waals surface area contributed by atoms with Gasteiger partial charge in [0.25, 0.3) is 11.8 Å². The van der Waals surface area contributed by atoms with Crippen LogP contribution in [0, 0.1) is 5.82 Å². The lowest BCUT2D eigenvalue weighted by Gasteiger charge is -2.15. The summed E-state index contributed by atoms with van der Waals surface area (Å²) < 4.78 is 24.1. The average molecular weight is 402 g/mol. The molecule has 0 radical (unpaired) electrons. The third-order valence-corrected chi connectivity index (χ3v) is 4.87. The Hall–Kier alpha value is -4.13. The molecule has 2 aliphatic rings. The van der Waals surface area contributed by atoms with Crippen molar-refractivity contribution in [3.8, 4) is 11.5 Å². The Balaban J connectivity index is 1.58. The van der Waals surface area contributed by atoms with E-state index in [1.54, 1.807) is 42.5 Å². The summed E-state index contributed by atoms with van der Waals surface area (Å²) in [6.45, 7) is 0.131. The van der Waals surface area contributed by atoms with Crippen LogP contribution in [0.25, 0.3) is 5.57 Å². The zero-order chi connectivity index (χ0) is 20.7. The molecule has 0 unspecified atom stereocenters. The van der Waals surface area contributed by atoms with E-state index < -0.39 is 17.6 Å². The van der Waals surface area contributed by atoms with Gasteiger partial charge >= 0.3 is 0 Å². The van der Waals surface area contributed by atoms with E-state index in [0.717, 1.165) is 4.90 Å². The molecule has 3 aromatic carbocycles. The first-order valence-corrected chi connectivity index (χ1v) is 9.22. The third-order valence-electron chi connectivity index (χ3n) is 4.87. The fraction of sp³-hybridized carbons (Fsp3) is 0.0435. The van der Waals surface area contributed by atoms with E-state index in [1.165, 1.54) is 24.3 Å². The highest BCUT2D eigenvalue weighted by molar-refractivity contribution is 6.46. The number of amides is 2. The van der Waals surface area contributed by atoms with Gasteiger partial charge < -0.3 is 14.8 Å². The van der Waals surface area contributed by atoms with Crippen molar-refractivity contribution in [2.75, 3.05) is 17.0 Å². The minimum absolute atomic E-state index is 0.131. The van der Waals surface area contributed by atoms with Gasteiger partial charge in [0.05, 0.1) is 11.3 Å². The van der Waals surface area contributed by atoms with Crippen LogP contribution in [0.5, 0.6) is 11.5 Å². The molecule has 5 rings (SSSR count). The Kier molecular flexibility index (Phi) is 4.21. The second-order valence-electron chi connectivity index (χ2n) is 6.73. The number of nitrogens with one attached hydrogen (secondary N) is 1. The summed E-state index contributed by atoms with van der Waals surface area (Å²) in [5.41, 5.74) is 1.84. The van der Waals surface area contributed by atoms with Gasteiger partial charge in [-0.15, -0.1) is 0 Å². The lowest BCUT2D eigenvalue weighted by Crippen LogP contribution is -2.32. The number of carbonyl (C=O) groups is 2. The van der Waals surface area contributed by atoms with Crippen LogP contribution in [-0.2, 0) is 9.59 Å². The van der Waals surface area contributed by atoms with Gasteiger partial charge in [-0.25, -0.2) is 9.29 Å². The SMILES string of the molecule is O=C1C(Nc2ccc3c(c2)OCO3)=C(c2ccccc2)C(=O)N1c1ccc(F)cc1. The van der Waals surface area contributed by atoms with Crippen LogP contribution in [0.4, 0.5) is 15.8 Å². The number of rotatable bonds is 4. The molecule has 1 N–H and O–H groups in total. The van der Waals surface area contributed by atoms with E-state index in [2.05, 4.69) is 5.32 Å². The van der Waals surface area contributed by atoms with Crippen molar-refractivity contribution in [3.63, 3.8) is 0 Å². The standard InChI is InChI=1S/C23H15FN2O4/c24-15-6-9-17(10-7-15)26-22(27)20(14-4-2-1-3-5-14)21(23(26)28)25-16-8-11-18-19(12-16)30-13-29-18/h1-12,25H,13H2. The van der Waals surface area contributed by atoms with Crippen molar-refractivity contribution in [2.45, 2.75) is 0 Å². The Morgan fingerprint density at radius 1 is 0.833 bits per heavy atom. The van der Waals surface area contributed by atoms with Crippen LogP contribution in [0.1, 0.15) is 5.56 Å². The minimum Gasteiger partial charge on any atom is -0.454 e. The van der Waals surface area contributed by atoms with Gasteiger partial charge in [-0.1, -0.05) is 30.3 Å². The molecular formula is C23H15FN2O4. The summed E-state index contributed by atoms with van der Waals surface area (Å²) in [7, 11) is 0. The molecule has 0 spiro atoms. The molecule has 0 fully saturated rings. The van der Waals surface area contributed by atoms with Gasteiger partial charge in [0.2, 0.25) is 6.79 Å². The fourth-order valence-electron chi connectivity index (χ4n) is 3.46. The number of anilines is 2. The number of nitrogens with zero attached hydrogens (tertiary/aromatic N) is 1. The average Bonchev–Trinajstić information content (AvgIpc) is 3.32. The van der Waals surface area contributed by atoms with Gasteiger partial charge in [-0.2, -0.15) is 0 Å². The second-order valence-corrected chi connectivity index (χ2v) is 6.73. The van der Waals surface area contributed by atoms with E-state index in [-0.39, 0.29) is 18.1 Å². The highest BCUT2D eigenvalue weighted by Crippen LogP contribution is 2.37. The molecule has 2 heterocycles. The van der Waals surface area contributed by atoms with E-state index in [0.29, 0.717) is 28.4 Å². The Labute approximate surface area is 171 Å². The molecule has 0 aliphatic carbocycles. The first kappa shape index (κ1) is 17.9.